The fraction of sp³-hybridized carbons (Fsp3) is 0.500. The summed E-state index contributed by atoms with van der Waals surface area (Å²) in [5, 5.41) is 0. The Labute approximate surface area is 163 Å². The first kappa shape index (κ1) is 19.0. The van der Waals surface area contributed by atoms with Crippen LogP contribution >= 0.6 is 15.9 Å². The number of nitrogens with zero attached hydrogens (tertiary/aromatic N) is 2. The third-order valence-corrected chi connectivity index (χ3v) is 5.03. The lowest BCUT2D eigenvalue weighted by molar-refractivity contribution is 0.0139. The number of imidazole rings is 1. The van der Waals surface area contributed by atoms with Crippen molar-refractivity contribution in [2.75, 3.05) is 0 Å². The van der Waals surface area contributed by atoms with Crippen molar-refractivity contribution in [3.05, 3.63) is 40.8 Å². The van der Waals surface area contributed by atoms with E-state index in [1.807, 2.05) is 56.1 Å². The maximum atomic E-state index is 12.7. The van der Waals surface area contributed by atoms with Crippen molar-refractivity contribution < 1.29 is 9.53 Å². The molecule has 0 atom stereocenters. The highest BCUT2D eigenvalue weighted by molar-refractivity contribution is 9.10. The summed E-state index contributed by atoms with van der Waals surface area (Å²) in [4.78, 5) is 22.4. The molecule has 1 amide bonds. The van der Waals surface area contributed by atoms with E-state index in [4.69, 9.17) is 4.74 Å². The number of ether oxygens (including phenoxy) is 1. The van der Waals surface area contributed by atoms with Crippen molar-refractivity contribution in [2.45, 2.75) is 64.6 Å². The number of aromatic amines is 1. The predicted molar refractivity (Wildman–Crippen MR) is 106 cm³/mol. The van der Waals surface area contributed by atoms with Crippen molar-refractivity contribution in [3.63, 3.8) is 0 Å². The van der Waals surface area contributed by atoms with Crippen molar-refractivity contribution >= 4 is 22.0 Å². The Morgan fingerprint density at radius 2 is 1.92 bits per heavy atom. The number of aromatic nitrogens is 2. The van der Waals surface area contributed by atoms with Crippen molar-refractivity contribution in [1.29, 1.82) is 0 Å². The maximum Gasteiger partial charge on any atom is 0.410 e. The lowest BCUT2D eigenvalue weighted by atomic mass is 10.2. The third-order valence-electron chi connectivity index (χ3n) is 4.50. The van der Waals surface area contributed by atoms with Gasteiger partial charge < -0.3 is 9.72 Å². The van der Waals surface area contributed by atoms with E-state index in [2.05, 4.69) is 25.9 Å². The van der Waals surface area contributed by atoms with E-state index < -0.39 is 5.60 Å². The Morgan fingerprint density at radius 3 is 2.54 bits per heavy atom. The molecule has 3 rings (SSSR count). The summed E-state index contributed by atoms with van der Waals surface area (Å²) >= 11 is 3.45. The van der Waals surface area contributed by atoms with Gasteiger partial charge in [0.1, 0.15) is 11.4 Å². The normalized spacial score (nSPS) is 15.2. The number of benzene rings is 1. The zero-order valence-electron chi connectivity index (χ0n) is 15.6. The second kappa shape index (κ2) is 7.82. The van der Waals surface area contributed by atoms with E-state index in [1.165, 1.54) is 0 Å². The second-order valence-electron chi connectivity index (χ2n) is 7.80. The Morgan fingerprint density at radius 1 is 1.27 bits per heavy atom. The average molecular weight is 420 g/mol. The van der Waals surface area contributed by atoms with Crippen molar-refractivity contribution in [3.8, 4) is 11.3 Å². The average Bonchev–Trinajstić information content (AvgIpc) is 3.23. The van der Waals surface area contributed by atoms with Crippen LogP contribution < -0.4 is 0 Å². The smallest absolute Gasteiger partial charge is 0.410 e. The van der Waals surface area contributed by atoms with Crippen LogP contribution in [0.3, 0.4) is 0 Å². The first-order chi connectivity index (χ1) is 12.3. The summed E-state index contributed by atoms with van der Waals surface area (Å²) in [6.07, 6.45) is 5.93. The first-order valence-corrected chi connectivity index (χ1v) is 9.90. The number of carbonyl (C=O) groups is 1. The van der Waals surface area contributed by atoms with Gasteiger partial charge in [0.15, 0.2) is 0 Å². The molecular weight excluding hydrogens is 394 g/mol. The van der Waals surface area contributed by atoms with E-state index in [0.29, 0.717) is 6.54 Å². The van der Waals surface area contributed by atoms with Crippen LogP contribution in [-0.4, -0.2) is 32.6 Å². The molecule has 0 bridgehead atoms. The van der Waals surface area contributed by atoms with E-state index in [0.717, 1.165) is 47.2 Å². The quantitative estimate of drug-likeness (QED) is 0.709. The Bertz CT molecular complexity index is 743. The number of hydrogen-bond donors (Lipinski definition) is 1. The zero-order chi connectivity index (χ0) is 18.7. The number of rotatable bonds is 4. The minimum Gasteiger partial charge on any atom is -0.444 e. The molecule has 2 aromatic rings. The molecule has 0 radical (unpaired) electrons. The van der Waals surface area contributed by atoms with Crippen LogP contribution in [0.15, 0.2) is 34.9 Å². The third kappa shape index (κ3) is 4.87. The van der Waals surface area contributed by atoms with Gasteiger partial charge in [0.05, 0.1) is 18.4 Å². The summed E-state index contributed by atoms with van der Waals surface area (Å²) in [6, 6.07) is 8.29. The second-order valence-corrected chi connectivity index (χ2v) is 8.71. The molecule has 0 unspecified atom stereocenters. The first-order valence-electron chi connectivity index (χ1n) is 9.11. The molecule has 5 nitrogen and oxygen atoms in total. The topological polar surface area (TPSA) is 58.2 Å². The molecule has 1 heterocycles. The minimum absolute atomic E-state index is 0.228. The number of nitrogens with one attached hydrogen (secondary N) is 1. The molecule has 140 valence electrons. The molecular formula is C20H26BrN3O2. The molecule has 0 saturated heterocycles. The van der Waals surface area contributed by atoms with Gasteiger partial charge >= 0.3 is 6.09 Å². The monoisotopic (exact) mass is 419 g/mol. The highest BCUT2D eigenvalue weighted by Gasteiger charge is 2.31. The molecule has 6 heteroatoms. The highest BCUT2D eigenvalue weighted by Crippen LogP contribution is 2.27. The summed E-state index contributed by atoms with van der Waals surface area (Å²) in [7, 11) is 0. The summed E-state index contributed by atoms with van der Waals surface area (Å²) < 4.78 is 6.67. The van der Waals surface area contributed by atoms with Gasteiger partial charge in [-0.15, -0.1) is 0 Å². The van der Waals surface area contributed by atoms with Gasteiger partial charge in [-0.1, -0.05) is 40.9 Å². The van der Waals surface area contributed by atoms with Gasteiger partial charge in [0.2, 0.25) is 0 Å². The van der Waals surface area contributed by atoms with Gasteiger partial charge in [-0.25, -0.2) is 9.78 Å². The molecule has 1 aromatic carbocycles. The number of halogens is 1. The van der Waals surface area contributed by atoms with E-state index >= 15 is 0 Å². The van der Waals surface area contributed by atoms with Gasteiger partial charge in [-0.3, -0.25) is 4.90 Å². The van der Waals surface area contributed by atoms with Gasteiger partial charge in [0, 0.05) is 10.5 Å². The van der Waals surface area contributed by atoms with Crippen LogP contribution in [-0.2, 0) is 11.3 Å². The predicted octanol–water partition coefficient (Wildman–Crippen LogP) is 5.52. The highest BCUT2D eigenvalue weighted by atomic mass is 79.9. The fourth-order valence-corrected chi connectivity index (χ4v) is 3.52. The van der Waals surface area contributed by atoms with Crippen LogP contribution in [0.5, 0.6) is 0 Å². The van der Waals surface area contributed by atoms with Crippen LogP contribution in [0.1, 0.15) is 52.3 Å². The molecule has 1 N–H and O–H groups in total. The molecule has 1 saturated carbocycles. The molecule has 1 aliphatic rings. The number of amides is 1. The van der Waals surface area contributed by atoms with Gasteiger partial charge in [-0.05, 0) is 51.3 Å². The SMILES string of the molecule is CC(C)(C)OC(=O)N(Cc1ncc(-c2ccc(Br)cc2)[nH]1)C1CCCC1. The van der Waals surface area contributed by atoms with Gasteiger partial charge in [-0.2, -0.15) is 0 Å². The Hall–Kier alpha value is -1.82. The largest absolute Gasteiger partial charge is 0.444 e. The van der Waals surface area contributed by atoms with Crippen molar-refractivity contribution in [2.24, 2.45) is 0 Å². The van der Waals surface area contributed by atoms with Gasteiger partial charge in [0.25, 0.3) is 0 Å². The molecule has 1 aromatic heterocycles. The molecule has 26 heavy (non-hydrogen) atoms. The molecule has 1 fully saturated rings. The standard InChI is InChI=1S/C20H26BrN3O2/c1-20(2,3)26-19(25)24(16-6-4-5-7-16)13-18-22-12-17(23-18)14-8-10-15(21)11-9-14/h8-12,16H,4-7,13H2,1-3H3,(H,22,23). The Balaban J connectivity index is 1.76. The molecule has 0 aliphatic heterocycles. The van der Waals surface area contributed by atoms with E-state index in [-0.39, 0.29) is 12.1 Å². The van der Waals surface area contributed by atoms with Crippen molar-refractivity contribution in [1.82, 2.24) is 14.9 Å². The summed E-state index contributed by atoms with van der Waals surface area (Å²) in [5.74, 6) is 0.778. The number of H-pyrrole nitrogens is 1. The molecule has 0 spiro atoms. The zero-order valence-corrected chi connectivity index (χ0v) is 17.2. The lowest BCUT2D eigenvalue weighted by Gasteiger charge is -2.31. The van der Waals surface area contributed by atoms with Crippen LogP contribution in [0.25, 0.3) is 11.3 Å². The lowest BCUT2D eigenvalue weighted by Crippen LogP contribution is -2.42. The Kier molecular flexibility index (Phi) is 5.70. The van der Waals surface area contributed by atoms with Crippen LogP contribution in [0.4, 0.5) is 4.79 Å². The summed E-state index contributed by atoms with van der Waals surface area (Å²) in [6.45, 7) is 6.14. The van der Waals surface area contributed by atoms with Crippen LogP contribution in [0, 0.1) is 0 Å². The number of hydrogen-bond acceptors (Lipinski definition) is 3. The van der Waals surface area contributed by atoms with E-state index in [1.54, 1.807) is 0 Å². The molecule has 1 aliphatic carbocycles. The minimum atomic E-state index is -0.500. The van der Waals surface area contributed by atoms with Crippen LogP contribution in [0.2, 0.25) is 0 Å². The summed E-state index contributed by atoms with van der Waals surface area (Å²) in [5.41, 5.74) is 1.51. The maximum absolute atomic E-state index is 12.7. The number of carbonyl (C=O) groups excluding carboxylic acids is 1. The van der Waals surface area contributed by atoms with E-state index in [9.17, 15) is 4.79 Å². The fourth-order valence-electron chi connectivity index (χ4n) is 3.26.